The van der Waals surface area contributed by atoms with Crippen molar-refractivity contribution in [3.8, 4) is 0 Å². The maximum Gasteiger partial charge on any atom is 0.281 e. The summed E-state index contributed by atoms with van der Waals surface area (Å²) >= 11 is 0. The lowest BCUT2D eigenvalue weighted by Gasteiger charge is -2.07. The first-order valence-electron chi connectivity index (χ1n) is 5.89. The number of nitrogens with one attached hydrogen (secondary N) is 1. The molecule has 108 valence electrons. The maximum absolute atomic E-state index is 13.4. The SMILES string of the molecule is O=[N+]([O-])c1ccc(CNc2ccccc2F)c([N+](=O)[O-])c1. The van der Waals surface area contributed by atoms with Crippen LogP contribution in [-0.4, -0.2) is 9.85 Å². The van der Waals surface area contributed by atoms with Gasteiger partial charge < -0.3 is 5.32 Å². The summed E-state index contributed by atoms with van der Waals surface area (Å²) in [6.45, 7) is -0.0186. The summed E-state index contributed by atoms with van der Waals surface area (Å²) < 4.78 is 13.4. The smallest absolute Gasteiger partial charge is 0.281 e. The Morgan fingerprint density at radius 3 is 2.38 bits per heavy atom. The molecule has 0 fully saturated rings. The molecule has 0 aliphatic heterocycles. The number of nitro groups is 2. The van der Waals surface area contributed by atoms with Crippen molar-refractivity contribution < 1.29 is 14.2 Å². The van der Waals surface area contributed by atoms with E-state index in [4.69, 9.17) is 0 Å². The Morgan fingerprint density at radius 2 is 1.76 bits per heavy atom. The van der Waals surface area contributed by atoms with Crippen LogP contribution >= 0.6 is 0 Å². The van der Waals surface area contributed by atoms with Crippen molar-refractivity contribution >= 4 is 17.1 Å². The van der Waals surface area contributed by atoms with Crippen molar-refractivity contribution in [3.05, 3.63) is 74.1 Å². The van der Waals surface area contributed by atoms with E-state index in [1.807, 2.05) is 0 Å². The van der Waals surface area contributed by atoms with Gasteiger partial charge in [-0.3, -0.25) is 20.2 Å². The van der Waals surface area contributed by atoms with Crippen molar-refractivity contribution in [1.29, 1.82) is 0 Å². The predicted molar refractivity (Wildman–Crippen MR) is 73.5 cm³/mol. The van der Waals surface area contributed by atoms with Crippen molar-refractivity contribution in [3.63, 3.8) is 0 Å². The van der Waals surface area contributed by atoms with Gasteiger partial charge in [0.05, 0.1) is 21.6 Å². The van der Waals surface area contributed by atoms with E-state index in [9.17, 15) is 24.6 Å². The van der Waals surface area contributed by atoms with Crippen LogP contribution in [0.2, 0.25) is 0 Å². The summed E-state index contributed by atoms with van der Waals surface area (Å²) in [5, 5.41) is 24.3. The number of halogens is 1. The zero-order valence-corrected chi connectivity index (χ0v) is 10.7. The monoisotopic (exact) mass is 291 g/mol. The Bertz CT molecular complexity index is 706. The highest BCUT2D eigenvalue weighted by molar-refractivity contribution is 5.52. The fraction of sp³-hybridized carbons (Fsp3) is 0.0769. The van der Waals surface area contributed by atoms with Crippen LogP contribution in [0.4, 0.5) is 21.5 Å². The van der Waals surface area contributed by atoms with Gasteiger partial charge in [-0.1, -0.05) is 12.1 Å². The van der Waals surface area contributed by atoms with Gasteiger partial charge in [0.25, 0.3) is 11.4 Å². The molecule has 21 heavy (non-hydrogen) atoms. The van der Waals surface area contributed by atoms with E-state index in [-0.39, 0.29) is 29.2 Å². The van der Waals surface area contributed by atoms with Crippen LogP contribution in [0.1, 0.15) is 5.56 Å². The quantitative estimate of drug-likeness (QED) is 0.673. The molecule has 0 aliphatic carbocycles. The molecule has 0 radical (unpaired) electrons. The molecule has 0 saturated heterocycles. The minimum atomic E-state index is -0.707. The summed E-state index contributed by atoms with van der Waals surface area (Å²) in [4.78, 5) is 20.2. The topological polar surface area (TPSA) is 98.3 Å². The van der Waals surface area contributed by atoms with E-state index in [0.717, 1.165) is 6.07 Å². The molecule has 0 spiro atoms. The van der Waals surface area contributed by atoms with Gasteiger partial charge in [-0.25, -0.2) is 4.39 Å². The Kier molecular flexibility index (Phi) is 4.07. The molecular weight excluding hydrogens is 281 g/mol. The predicted octanol–water partition coefficient (Wildman–Crippen LogP) is 3.25. The van der Waals surface area contributed by atoms with Crippen LogP contribution in [0.25, 0.3) is 0 Å². The molecule has 8 heteroatoms. The van der Waals surface area contributed by atoms with Crippen LogP contribution in [0.5, 0.6) is 0 Å². The third-order valence-electron chi connectivity index (χ3n) is 2.82. The first-order valence-corrected chi connectivity index (χ1v) is 5.89. The molecule has 0 heterocycles. The third kappa shape index (κ3) is 3.30. The summed E-state index contributed by atoms with van der Waals surface area (Å²) in [7, 11) is 0. The summed E-state index contributed by atoms with van der Waals surface area (Å²) in [6.07, 6.45) is 0. The molecule has 7 nitrogen and oxygen atoms in total. The lowest BCUT2D eigenvalue weighted by molar-refractivity contribution is -0.394. The number of para-hydroxylation sites is 1. The molecule has 0 bridgehead atoms. The third-order valence-corrected chi connectivity index (χ3v) is 2.82. The van der Waals surface area contributed by atoms with E-state index >= 15 is 0 Å². The lowest BCUT2D eigenvalue weighted by Crippen LogP contribution is -2.05. The van der Waals surface area contributed by atoms with Gasteiger partial charge in [0, 0.05) is 18.2 Å². The highest BCUT2D eigenvalue weighted by Gasteiger charge is 2.19. The molecule has 1 N–H and O–H groups in total. The largest absolute Gasteiger partial charge is 0.378 e. The second-order valence-corrected chi connectivity index (χ2v) is 4.16. The van der Waals surface area contributed by atoms with Crippen molar-refractivity contribution in [2.45, 2.75) is 6.54 Å². The Balaban J connectivity index is 2.26. The standard InChI is InChI=1S/C13H10FN3O4/c14-11-3-1-2-4-12(11)15-8-9-5-6-10(16(18)19)7-13(9)17(20)21/h1-7,15H,8H2. The van der Waals surface area contributed by atoms with Crippen LogP contribution in [0, 0.1) is 26.0 Å². The van der Waals surface area contributed by atoms with Gasteiger partial charge in [0.15, 0.2) is 0 Å². The minimum Gasteiger partial charge on any atom is -0.378 e. The second kappa shape index (κ2) is 5.95. The van der Waals surface area contributed by atoms with Crippen LogP contribution < -0.4 is 5.32 Å². The number of hydrogen-bond acceptors (Lipinski definition) is 5. The van der Waals surface area contributed by atoms with Gasteiger partial charge in [0.2, 0.25) is 0 Å². The summed E-state index contributed by atoms with van der Waals surface area (Å²) in [5.41, 5.74) is -0.316. The number of benzene rings is 2. The lowest BCUT2D eigenvalue weighted by atomic mass is 10.1. The molecule has 2 aromatic rings. The molecule has 0 aliphatic rings. The average Bonchev–Trinajstić information content (AvgIpc) is 2.46. The van der Waals surface area contributed by atoms with Crippen molar-refractivity contribution in [1.82, 2.24) is 0 Å². The van der Waals surface area contributed by atoms with Crippen LogP contribution in [0.15, 0.2) is 42.5 Å². The fourth-order valence-corrected chi connectivity index (χ4v) is 1.78. The van der Waals surface area contributed by atoms with Gasteiger partial charge in [-0.05, 0) is 18.2 Å². The first kappa shape index (κ1) is 14.4. The normalized spacial score (nSPS) is 10.1. The fourth-order valence-electron chi connectivity index (χ4n) is 1.78. The molecule has 0 aromatic heterocycles. The van der Waals surface area contributed by atoms with E-state index in [2.05, 4.69) is 5.32 Å². The highest BCUT2D eigenvalue weighted by Crippen LogP contribution is 2.25. The van der Waals surface area contributed by atoms with E-state index in [1.54, 1.807) is 6.07 Å². The van der Waals surface area contributed by atoms with E-state index in [0.29, 0.717) is 0 Å². The minimum absolute atomic E-state index is 0.0186. The molecule has 2 rings (SSSR count). The number of hydrogen-bond donors (Lipinski definition) is 1. The Labute approximate surface area is 118 Å². The number of nitrogens with zero attached hydrogens (tertiary/aromatic N) is 2. The maximum atomic E-state index is 13.4. The van der Waals surface area contributed by atoms with Crippen LogP contribution in [-0.2, 0) is 6.54 Å². The Hall–Kier alpha value is -3.03. The zero-order valence-electron chi connectivity index (χ0n) is 10.7. The summed E-state index contributed by atoms with van der Waals surface area (Å²) in [6, 6.07) is 9.23. The van der Waals surface area contributed by atoms with Gasteiger partial charge in [-0.2, -0.15) is 0 Å². The van der Waals surface area contributed by atoms with Crippen LogP contribution in [0.3, 0.4) is 0 Å². The molecule has 0 atom stereocenters. The molecule has 2 aromatic carbocycles. The highest BCUT2D eigenvalue weighted by atomic mass is 19.1. The molecular formula is C13H10FN3O4. The van der Waals surface area contributed by atoms with Gasteiger partial charge >= 0.3 is 0 Å². The summed E-state index contributed by atoms with van der Waals surface area (Å²) in [5.74, 6) is -0.484. The first-order chi connectivity index (χ1) is 9.99. The van der Waals surface area contributed by atoms with Crippen molar-refractivity contribution in [2.75, 3.05) is 5.32 Å². The number of anilines is 1. The van der Waals surface area contributed by atoms with Gasteiger partial charge in [-0.15, -0.1) is 0 Å². The molecule has 0 unspecified atom stereocenters. The van der Waals surface area contributed by atoms with E-state index < -0.39 is 15.7 Å². The number of nitro benzene ring substituents is 2. The van der Waals surface area contributed by atoms with Crippen molar-refractivity contribution in [2.24, 2.45) is 0 Å². The zero-order chi connectivity index (χ0) is 15.4. The molecule has 0 amide bonds. The number of non-ortho nitro benzene ring substituents is 1. The average molecular weight is 291 g/mol. The van der Waals surface area contributed by atoms with E-state index in [1.165, 1.54) is 30.3 Å². The molecule has 0 saturated carbocycles. The van der Waals surface area contributed by atoms with Gasteiger partial charge in [0.1, 0.15) is 5.82 Å². The Morgan fingerprint density at radius 1 is 1.05 bits per heavy atom. The number of rotatable bonds is 5. The second-order valence-electron chi connectivity index (χ2n) is 4.16.